The molecule has 3 aromatic heterocycles. The first-order chi connectivity index (χ1) is 15.7. The van der Waals surface area contributed by atoms with Crippen molar-refractivity contribution in [1.82, 2.24) is 15.0 Å². The van der Waals surface area contributed by atoms with E-state index < -0.39 is 0 Å². The van der Waals surface area contributed by atoms with Crippen LogP contribution in [-0.2, 0) is 12.8 Å². The SMILES string of the molecule is Cc1cc(-c2ncc(Br)cc2/C=C/c2ccc3c(c2)CCCC3)cnc1-c1cccnc1. The van der Waals surface area contributed by atoms with Crippen LogP contribution in [0.15, 0.2) is 71.7 Å². The van der Waals surface area contributed by atoms with Gasteiger partial charge in [0.2, 0.25) is 0 Å². The van der Waals surface area contributed by atoms with Gasteiger partial charge < -0.3 is 0 Å². The molecule has 0 N–H and O–H groups in total. The van der Waals surface area contributed by atoms with Crippen LogP contribution in [0.2, 0.25) is 0 Å². The summed E-state index contributed by atoms with van der Waals surface area (Å²) in [7, 11) is 0. The minimum atomic E-state index is 0.927. The number of halogens is 1. The van der Waals surface area contributed by atoms with Crippen molar-refractivity contribution in [2.75, 3.05) is 0 Å². The van der Waals surface area contributed by atoms with Crippen LogP contribution < -0.4 is 0 Å². The van der Waals surface area contributed by atoms with E-state index in [1.165, 1.54) is 42.4 Å². The molecule has 0 bridgehead atoms. The van der Waals surface area contributed by atoms with E-state index >= 15 is 0 Å². The second-order valence-corrected chi connectivity index (χ2v) is 9.21. The number of fused-ring (bicyclic) bond motifs is 1. The molecule has 32 heavy (non-hydrogen) atoms. The molecule has 3 heterocycles. The van der Waals surface area contributed by atoms with Gasteiger partial charge in [0, 0.05) is 46.0 Å². The molecule has 4 heteroatoms. The molecule has 158 valence electrons. The molecular formula is C28H24BrN3. The Balaban J connectivity index is 1.49. The molecule has 0 fully saturated rings. The van der Waals surface area contributed by atoms with Crippen LogP contribution in [0.25, 0.3) is 34.7 Å². The first-order valence-corrected chi connectivity index (χ1v) is 11.8. The summed E-state index contributed by atoms with van der Waals surface area (Å²) in [6, 6.07) is 15.1. The molecule has 0 aliphatic heterocycles. The third-order valence-corrected chi connectivity index (χ3v) is 6.43. The third-order valence-electron chi connectivity index (χ3n) is 6.00. The Morgan fingerprint density at radius 1 is 0.812 bits per heavy atom. The van der Waals surface area contributed by atoms with Gasteiger partial charge in [-0.1, -0.05) is 30.4 Å². The summed E-state index contributed by atoms with van der Waals surface area (Å²) in [6.45, 7) is 2.08. The zero-order chi connectivity index (χ0) is 21.9. The molecule has 1 aliphatic rings. The fraction of sp³-hybridized carbons (Fsp3) is 0.179. The molecule has 1 aliphatic carbocycles. The fourth-order valence-corrected chi connectivity index (χ4v) is 4.72. The van der Waals surface area contributed by atoms with Gasteiger partial charge in [-0.05, 0) is 95.1 Å². The number of nitrogens with zero attached hydrogens (tertiary/aromatic N) is 3. The number of pyridine rings is 3. The predicted molar refractivity (Wildman–Crippen MR) is 135 cm³/mol. The molecular weight excluding hydrogens is 458 g/mol. The average Bonchev–Trinajstić information content (AvgIpc) is 2.83. The van der Waals surface area contributed by atoms with Crippen LogP contribution in [0.4, 0.5) is 0 Å². The van der Waals surface area contributed by atoms with Gasteiger partial charge in [0.25, 0.3) is 0 Å². The summed E-state index contributed by atoms with van der Waals surface area (Å²) in [5.74, 6) is 0. The lowest BCUT2D eigenvalue weighted by molar-refractivity contribution is 0.685. The van der Waals surface area contributed by atoms with Crippen LogP contribution in [0, 0.1) is 6.92 Å². The zero-order valence-corrected chi connectivity index (χ0v) is 19.6. The lowest BCUT2D eigenvalue weighted by Crippen LogP contribution is -2.02. The highest BCUT2D eigenvalue weighted by Crippen LogP contribution is 2.30. The van der Waals surface area contributed by atoms with Crippen molar-refractivity contribution in [1.29, 1.82) is 0 Å². The number of hydrogen-bond acceptors (Lipinski definition) is 3. The van der Waals surface area contributed by atoms with Gasteiger partial charge in [0.05, 0.1) is 11.4 Å². The Hall–Kier alpha value is -3.11. The third kappa shape index (κ3) is 4.42. The molecule has 0 amide bonds. The van der Waals surface area contributed by atoms with E-state index in [1.54, 1.807) is 6.20 Å². The molecule has 3 nitrogen and oxygen atoms in total. The molecule has 4 aromatic rings. The maximum atomic E-state index is 4.74. The van der Waals surface area contributed by atoms with Gasteiger partial charge >= 0.3 is 0 Å². The predicted octanol–water partition coefficient (Wildman–Crippen LogP) is 7.33. The van der Waals surface area contributed by atoms with Gasteiger partial charge in [-0.3, -0.25) is 15.0 Å². The minimum Gasteiger partial charge on any atom is -0.264 e. The van der Waals surface area contributed by atoms with Gasteiger partial charge in [-0.25, -0.2) is 0 Å². The van der Waals surface area contributed by atoms with Crippen LogP contribution >= 0.6 is 15.9 Å². The summed E-state index contributed by atoms with van der Waals surface area (Å²) in [5, 5.41) is 0. The highest BCUT2D eigenvalue weighted by molar-refractivity contribution is 9.10. The molecule has 5 rings (SSSR count). The largest absolute Gasteiger partial charge is 0.264 e. The maximum Gasteiger partial charge on any atom is 0.0790 e. The average molecular weight is 482 g/mol. The molecule has 0 atom stereocenters. The molecule has 0 unspecified atom stereocenters. The van der Waals surface area contributed by atoms with E-state index in [4.69, 9.17) is 9.97 Å². The smallest absolute Gasteiger partial charge is 0.0790 e. The van der Waals surface area contributed by atoms with E-state index in [0.29, 0.717) is 0 Å². The molecule has 1 aromatic carbocycles. The zero-order valence-electron chi connectivity index (χ0n) is 18.1. The second kappa shape index (κ2) is 9.17. The summed E-state index contributed by atoms with van der Waals surface area (Å²) < 4.78 is 0.961. The Morgan fingerprint density at radius 3 is 2.47 bits per heavy atom. The molecule has 0 radical (unpaired) electrons. The summed E-state index contributed by atoms with van der Waals surface area (Å²) in [5.41, 5.74) is 10.3. The van der Waals surface area contributed by atoms with Crippen molar-refractivity contribution in [2.45, 2.75) is 32.6 Å². The molecule has 0 saturated carbocycles. The fourth-order valence-electron chi connectivity index (χ4n) is 4.38. The van der Waals surface area contributed by atoms with Crippen molar-refractivity contribution >= 4 is 28.1 Å². The standard InChI is InChI=1S/C28H24BrN3/c1-19-13-25(17-31-27(19)24-7-4-12-30-16-24)28-23(15-26(29)18-32-28)11-9-20-8-10-21-5-2-3-6-22(21)14-20/h4,7-18H,2-3,5-6H2,1H3/b11-9+. The van der Waals surface area contributed by atoms with Gasteiger partial charge in [0.15, 0.2) is 0 Å². The van der Waals surface area contributed by atoms with Crippen LogP contribution in [0.3, 0.4) is 0 Å². The topological polar surface area (TPSA) is 38.7 Å². The van der Waals surface area contributed by atoms with Gasteiger partial charge in [-0.15, -0.1) is 0 Å². The quantitative estimate of drug-likeness (QED) is 0.306. The summed E-state index contributed by atoms with van der Waals surface area (Å²) in [6.07, 6.45) is 16.7. The number of aryl methyl sites for hydroxylation is 3. The Labute approximate surface area is 197 Å². The normalized spacial score (nSPS) is 13.3. The van der Waals surface area contributed by atoms with E-state index in [9.17, 15) is 0 Å². The van der Waals surface area contributed by atoms with Gasteiger partial charge in [-0.2, -0.15) is 0 Å². The van der Waals surface area contributed by atoms with Crippen molar-refractivity contribution in [3.63, 3.8) is 0 Å². The lowest BCUT2D eigenvalue weighted by atomic mass is 9.90. The Kier molecular flexibility index (Phi) is 5.95. The highest BCUT2D eigenvalue weighted by atomic mass is 79.9. The second-order valence-electron chi connectivity index (χ2n) is 8.29. The monoisotopic (exact) mass is 481 g/mol. The lowest BCUT2D eigenvalue weighted by Gasteiger charge is -2.15. The number of rotatable bonds is 4. The van der Waals surface area contributed by atoms with Crippen LogP contribution in [-0.4, -0.2) is 15.0 Å². The number of benzene rings is 1. The van der Waals surface area contributed by atoms with Crippen LogP contribution in [0.5, 0.6) is 0 Å². The van der Waals surface area contributed by atoms with Crippen molar-refractivity contribution in [2.24, 2.45) is 0 Å². The Morgan fingerprint density at radius 2 is 1.66 bits per heavy atom. The number of hydrogen-bond donors (Lipinski definition) is 0. The maximum absolute atomic E-state index is 4.74. The van der Waals surface area contributed by atoms with E-state index in [-0.39, 0.29) is 0 Å². The molecule has 0 spiro atoms. The summed E-state index contributed by atoms with van der Waals surface area (Å²) in [4.78, 5) is 13.7. The first kappa shape index (κ1) is 20.8. The summed E-state index contributed by atoms with van der Waals surface area (Å²) >= 11 is 3.58. The minimum absolute atomic E-state index is 0.927. The Bertz CT molecular complexity index is 1300. The van der Waals surface area contributed by atoms with E-state index in [1.807, 2.05) is 30.7 Å². The van der Waals surface area contributed by atoms with Crippen molar-refractivity contribution in [3.05, 3.63) is 99.5 Å². The van der Waals surface area contributed by atoms with Crippen molar-refractivity contribution in [3.8, 4) is 22.5 Å². The van der Waals surface area contributed by atoms with E-state index in [2.05, 4.69) is 70.3 Å². The highest BCUT2D eigenvalue weighted by Gasteiger charge is 2.11. The number of aromatic nitrogens is 3. The first-order valence-electron chi connectivity index (χ1n) is 11.0. The molecule has 0 saturated heterocycles. The van der Waals surface area contributed by atoms with Gasteiger partial charge in [0.1, 0.15) is 0 Å². The van der Waals surface area contributed by atoms with Crippen molar-refractivity contribution < 1.29 is 0 Å². The van der Waals surface area contributed by atoms with E-state index in [0.717, 1.165) is 38.1 Å². The van der Waals surface area contributed by atoms with Crippen LogP contribution in [0.1, 0.15) is 40.7 Å².